The molecule has 0 amide bonds. The Bertz CT molecular complexity index is 998. The highest BCUT2D eigenvalue weighted by atomic mass is 35.5. The molecule has 7 heteroatoms. The van der Waals surface area contributed by atoms with E-state index in [0.717, 1.165) is 5.56 Å². The molecule has 0 fully saturated rings. The molecular weight excluding hydrogens is 340 g/mol. The molecule has 2 aromatic heterocycles. The van der Waals surface area contributed by atoms with E-state index in [1.54, 1.807) is 24.4 Å². The first-order valence-corrected chi connectivity index (χ1v) is 8.13. The van der Waals surface area contributed by atoms with Gasteiger partial charge in [0.2, 0.25) is 0 Å². The van der Waals surface area contributed by atoms with Gasteiger partial charge in [0.25, 0.3) is 5.56 Å². The van der Waals surface area contributed by atoms with Crippen molar-refractivity contribution >= 4 is 35.0 Å². The van der Waals surface area contributed by atoms with Gasteiger partial charge in [0.05, 0.1) is 13.2 Å². The van der Waals surface area contributed by atoms with Gasteiger partial charge in [0, 0.05) is 23.1 Å². The molecule has 0 spiro atoms. The number of aryl methyl sites for hydroxylation is 1. The number of hydrogen-bond acceptors (Lipinski definition) is 5. The summed E-state index contributed by atoms with van der Waals surface area (Å²) in [6, 6.07) is 10.8. The number of nitrogens with zero attached hydrogens (tertiary/aromatic N) is 3. The average Bonchev–Trinajstić information content (AvgIpc) is 2.59. The van der Waals surface area contributed by atoms with Gasteiger partial charge in [-0.1, -0.05) is 23.7 Å². The molecule has 25 heavy (non-hydrogen) atoms. The molecule has 0 saturated carbocycles. The van der Waals surface area contributed by atoms with Crippen LogP contribution < -0.4 is 10.9 Å². The normalized spacial score (nSPS) is 11.3. The average molecular weight is 357 g/mol. The molecule has 0 saturated heterocycles. The van der Waals surface area contributed by atoms with Crippen molar-refractivity contribution in [1.29, 1.82) is 0 Å². The van der Waals surface area contributed by atoms with Crippen LogP contribution in [0.4, 0.5) is 11.5 Å². The summed E-state index contributed by atoms with van der Waals surface area (Å²) in [5.41, 5.74) is 2.24. The molecule has 2 N–H and O–H groups in total. The largest absolute Gasteiger partial charge is 0.394 e. The minimum absolute atomic E-state index is 0.0883. The van der Waals surface area contributed by atoms with Crippen molar-refractivity contribution in [1.82, 2.24) is 9.38 Å². The lowest BCUT2D eigenvalue weighted by Crippen LogP contribution is -2.22. The summed E-state index contributed by atoms with van der Waals surface area (Å²) in [6.45, 7) is 2.02. The highest BCUT2D eigenvalue weighted by Crippen LogP contribution is 2.21. The highest BCUT2D eigenvalue weighted by molar-refractivity contribution is 6.30. The lowest BCUT2D eigenvalue weighted by molar-refractivity contribution is 0.307. The van der Waals surface area contributed by atoms with Crippen LogP contribution in [0.2, 0.25) is 5.02 Å². The van der Waals surface area contributed by atoms with Crippen molar-refractivity contribution in [2.45, 2.75) is 6.92 Å². The number of anilines is 2. The van der Waals surface area contributed by atoms with Crippen LogP contribution >= 0.6 is 11.6 Å². The van der Waals surface area contributed by atoms with Crippen molar-refractivity contribution in [3.63, 3.8) is 0 Å². The molecule has 6 nitrogen and oxygen atoms in total. The lowest BCUT2D eigenvalue weighted by Gasteiger charge is -2.12. The van der Waals surface area contributed by atoms with Crippen LogP contribution in [-0.4, -0.2) is 33.9 Å². The summed E-state index contributed by atoms with van der Waals surface area (Å²) >= 11 is 6.02. The fourth-order valence-corrected chi connectivity index (χ4v) is 2.63. The standard InChI is InChI=1S/C18H17ClN4O2/c1-12-4-3-8-23-17(12)22-16(15(18(23)25)11-20-7-9-24)21-14-6-2-5-13(19)10-14/h2-6,8,10-11,21,24H,7,9H2,1H3. The van der Waals surface area contributed by atoms with E-state index >= 15 is 0 Å². The number of pyridine rings is 1. The summed E-state index contributed by atoms with van der Waals surface area (Å²) < 4.78 is 1.48. The first kappa shape index (κ1) is 17.1. The van der Waals surface area contributed by atoms with E-state index in [9.17, 15) is 4.79 Å². The third-order valence-electron chi connectivity index (χ3n) is 3.62. The van der Waals surface area contributed by atoms with Crippen LogP contribution in [0.5, 0.6) is 0 Å². The molecule has 1 aromatic carbocycles. The monoisotopic (exact) mass is 356 g/mol. The van der Waals surface area contributed by atoms with E-state index in [0.29, 0.717) is 27.7 Å². The molecule has 0 radical (unpaired) electrons. The second-order valence-corrected chi connectivity index (χ2v) is 5.89. The maximum atomic E-state index is 12.9. The Morgan fingerprint density at radius 2 is 2.20 bits per heavy atom. The first-order valence-electron chi connectivity index (χ1n) is 7.75. The maximum absolute atomic E-state index is 12.9. The third-order valence-corrected chi connectivity index (χ3v) is 3.86. The zero-order chi connectivity index (χ0) is 17.8. The SMILES string of the molecule is Cc1cccn2c(=O)c(C=NCCO)c(Nc3cccc(Cl)c3)nc12. The topological polar surface area (TPSA) is 79.0 Å². The molecule has 3 rings (SSSR count). The molecule has 0 aliphatic carbocycles. The third kappa shape index (κ3) is 3.70. The number of rotatable bonds is 5. The van der Waals surface area contributed by atoms with Crippen molar-refractivity contribution in [2.24, 2.45) is 4.99 Å². The minimum Gasteiger partial charge on any atom is -0.394 e. The molecule has 2 heterocycles. The lowest BCUT2D eigenvalue weighted by atomic mass is 10.2. The van der Waals surface area contributed by atoms with Crippen LogP contribution in [0.1, 0.15) is 11.1 Å². The zero-order valence-corrected chi connectivity index (χ0v) is 14.4. The fourth-order valence-electron chi connectivity index (χ4n) is 2.44. The van der Waals surface area contributed by atoms with Gasteiger partial charge in [-0.2, -0.15) is 0 Å². The molecule has 128 valence electrons. The van der Waals surface area contributed by atoms with E-state index in [1.807, 2.05) is 25.1 Å². The second-order valence-electron chi connectivity index (χ2n) is 5.46. The van der Waals surface area contributed by atoms with E-state index in [4.69, 9.17) is 16.7 Å². The number of fused-ring (bicyclic) bond motifs is 1. The Morgan fingerprint density at radius 1 is 1.36 bits per heavy atom. The van der Waals surface area contributed by atoms with Crippen LogP contribution in [-0.2, 0) is 0 Å². The quantitative estimate of drug-likeness (QED) is 0.689. The number of aliphatic imine (C=N–C) groups is 1. The molecule has 0 bridgehead atoms. The molecule has 0 aliphatic heterocycles. The smallest absolute Gasteiger partial charge is 0.268 e. The molecule has 0 aliphatic rings. The van der Waals surface area contributed by atoms with Crippen molar-refractivity contribution < 1.29 is 5.11 Å². The van der Waals surface area contributed by atoms with E-state index in [2.05, 4.69) is 15.3 Å². The highest BCUT2D eigenvalue weighted by Gasteiger charge is 2.13. The maximum Gasteiger partial charge on any atom is 0.268 e. The fraction of sp³-hybridized carbons (Fsp3) is 0.167. The first-order chi connectivity index (χ1) is 12.1. The van der Waals surface area contributed by atoms with Gasteiger partial charge in [-0.25, -0.2) is 4.98 Å². The number of aliphatic hydroxyl groups excluding tert-OH is 1. The van der Waals surface area contributed by atoms with Gasteiger partial charge >= 0.3 is 0 Å². The van der Waals surface area contributed by atoms with Gasteiger partial charge in [-0.05, 0) is 36.8 Å². The summed E-state index contributed by atoms with van der Waals surface area (Å²) in [4.78, 5) is 21.5. The predicted molar refractivity (Wildman–Crippen MR) is 100 cm³/mol. The Balaban J connectivity index is 2.18. The number of hydrogen-bond donors (Lipinski definition) is 2. The number of aromatic nitrogens is 2. The predicted octanol–water partition coefficient (Wildman–Crippen LogP) is 2.81. The van der Waals surface area contributed by atoms with E-state index in [-0.39, 0.29) is 18.7 Å². The van der Waals surface area contributed by atoms with Crippen LogP contribution in [0.15, 0.2) is 52.4 Å². The number of halogens is 1. The van der Waals surface area contributed by atoms with Gasteiger partial charge in [0.1, 0.15) is 17.0 Å². The summed E-state index contributed by atoms with van der Waals surface area (Å²) in [6.07, 6.45) is 3.11. The van der Waals surface area contributed by atoms with Gasteiger partial charge < -0.3 is 10.4 Å². The Kier molecular flexibility index (Phi) is 5.11. The molecule has 3 aromatic rings. The Hall–Kier alpha value is -2.70. The van der Waals surface area contributed by atoms with Crippen molar-refractivity contribution in [2.75, 3.05) is 18.5 Å². The molecular formula is C18H17ClN4O2. The number of benzene rings is 1. The summed E-state index contributed by atoms with van der Waals surface area (Å²) in [5.74, 6) is 0.392. The summed E-state index contributed by atoms with van der Waals surface area (Å²) in [7, 11) is 0. The van der Waals surface area contributed by atoms with Gasteiger partial charge in [-0.3, -0.25) is 14.2 Å². The molecule has 0 unspecified atom stereocenters. The van der Waals surface area contributed by atoms with E-state index in [1.165, 1.54) is 10.6 Å². The van der Waals surface area contributed by atoms with Crippen LogP contribution in [0, 0.1) is 6.92 Å². The van der Waals surface area contributed by atoms with Crippen LogP contribution in [0.25, 0.3) is 5.65 Å². The zero-order valence-electron chi connectivity index (χ0n) is 13.6. The molecule has 0 atom stereocenters. The number of nitrogens with one attached hydrogen (secondary N) is 1. The Morgan fingerprint density at radius 3 is 2.96 bits per heavy atom. The van der Waals surface area contributed by atoms with E-state index < -0.39 is 0 Å². The summed E-state index contributed by atoms with van der Waals surface area (Å²) in [5, 5.41) is 12.6. The van der Waals surface area contributed by atoms with Crippen molar-refractivity contribution in [3.8, 4) is 0 Å². The second kappa shape index (κ2) is 7.46. The Labute approximate surface area is 149 Å². The van der Waals surface area contributed by atoms with Crippen LogP contribution in [0.3, 0.4) is 0 Å². The minimum atomic E-state index is -0.236. The van der Waals surface area contributed by atoms with Gasteiger partial charge in [0.15, 0.2) is 0 Å². The van der Waals surface area contributed by atoms with Crippen molar-refractivity contribution in [3.05, 3.63) is 69.1 Å². The van der Waals surface area contributed by atoms with Gasteiger partial charge in [-0.15, -0.1) is 0 Å². The number of aliphatic hydroxyl groups is 1.